The van der Waals surface area contributed by atoms with Crippen LogP contribution in [-0.4, -0.2) is 29.6 Å². The summed E-state index contributed by atoms with van der Waals surface area (Å²) in [6, 6.07) is 6.11. The summed E-state index contributed by atoms with van der Waals surface area (Å²) in [7, 11) is 0. The minimum Gasteiger partial charge on any atom is -0.481 e. The van der Waals surface area contributed by atoms with Crippen LogP contribution in [0.3, 0.4) is 0 Å². The van der Waals surface area contributed by atoms with E-state index < -0.39 is 12.6 Å². The Morgan fingerprint density at radius 1 is 1.22 bits per heavy atom. The monoisotopic (exact) mass is 327 g/mol. The number of carboxylic acids is 1. The van der Waals surface area contributed by atoms with Crippen molar-refractivity contribution in [2.24, 2.45) is 5.92 Å². The Balaban J connectivity index is 1.87. The van der Waals surface area contributed by atoms with E-state index in [1.165, 1.54) is 6.07 Å². The summed E-state index contributed by atoms with van der Waals surface area (Å²) in [5, 5.41) is 11.8. The number of halogens is 2. The number of carbonyl (C=O) groups is 2. The van der Waals surface area contributed by atoms with Crippen LogP contribution in [-0.2, 0) is 16.0 Å². The first kappa shape index (κ1) is 17.2. The Morgan fingerprint density at radius 3 is 2.48 bits per heavy atom. The van der Waals surface area contributed by atoms with Crippen LogP contribution in [0.25, 0.3) is 0 Å². The largest absolute Gasteiger partial charge is 0.481 e. The Labute approximate surface area is 132 Å². The number of hydrogen-bond acceptors (Lipinski definition) is 3. The molecule has 1 amide bonds. The Morgan fingerprint density at radius 2 is 1.87 bits per heavy atom. The van der Waals surface area contributed by atoms with Crippen molar-refractivity contribution < 1.29 is 28.2 Å². The van der Waals surface area contributed by atoms with E-state index in [0.29, 0.717) is 31.2 Å². The van der Waals surface area contributed by atoms with E-state index in [0.717, 1.165) is 0 Å². The summed E-state index contributed by atoms with van der Waals surface area (Å²) >= 11 is 0. The van der Waals surface area contributed by atoms with Gasteiger partial charge in [0.05, 0.1) is 12.3 Å². The van der Waals surface area contributed by atoms with Crippen molar-refractivity contribution in [1.29, 1.82) is 0 Å². The van der Waals surface area contributed by atoms with Crippen molar-refractivity contribution in [2.45, 2.75) is 44.8 Å². The molecule has 2 rings (SSSR count). The molecule has 0 unspecified atom stereocenters. The van der Waals surface area contributed by atoms with Gasteiger partial charge in [-0.15, -0.1) is 0 Å². The number of hydrogen-bond donors (Lipinski definition) is 2. The van der Waals surface area contributed by atoms with Crippen molar-refractivity contribution in [2.75, 3.05) is 0 Å². The molecule has 7 heteroatoms. The summed E-state index contributed by atoms with van der Waals surface area (Å²) in [4.78, 5) is 23.0. The van der Waals surface area contributed by atoms with E-state index in [1.54, 1.807) is 18.2 Å². The van der Waals surface area contributed by atoms with Gasteiger partial charge in [-0.2, -0.15) is 8.78 Å². The maximum atomic E-state index is 12.3. The van der Waals surface area contributed by atoms with Gasteiger partial charge in [0.1, 0.15) is 5.75 Å². The van der Waals surface area contributed by atoms with Crippen LogP contribution < -0.4 is 10.1 Å². The molecule has 0 heterocycles. The van der Waals surface area contributed by atoms with E-state index in [-0.39, 0.29) is 30.0 Å². The van der Waals surface area contributed by atoms with Gasteiger partial charge in [0, 0.05) is 11.6 Å². The fourth-order valence-corrected chi connectivity index (χ4v) is 2.80. The molecule has 0 aliphatic heterocycles. The van der Waals surface area contributed by atoms with Crippen molar-refractivity contribution >= 4 is 11.9 Å². The normalized spacial score (nSPS) is 21.0. The van der Waals surface area contributed by atoms with Crippen LogP contribution in [0.5, 0.6) is 5.75 Å². The van der Waals surface area contributed by atoms with Crippen LogP contribution in [0.2, 0.25) is 0 Å². The van der Waals surface area contributed by atoms with Gasteiger partial charge in [-0.05, 0) is 31.7 Å². The molecule has 1 aromatic rings. The highest BCUT2D eigenvalue weighted by molar-refractivity contribution is 5.79. The zero-order chi connectivity index (χ0) is 16.8. The summed E-state index contributed by atoms with van der Waals surface area (Å²) in [5.41, 5.74) is 0.393. The lowest BCUT2D eigenvalue weighted by molar-refractivity contribution is -0.142. The summed E-state index contributed by atoms with van der Waals surface area (Å²) in [6.07, 6.45) is 2.23. The molecule has 2 N–H and O–H groups in total. The highest BCUT2D eigenvalue weighted by atomic mass is 19.3. The first-order chi connectivity index (χ1) is 11.0. The zero-order valence-corrected chi connectivity index (χ0v) is 12.5. The van der Waals surface area contributed by atoms with Crippen LogP contribution in [0.4, 0.5) is 8.78 Å². The second kappa shape index (κ2) is 7.89. The number of aliphatic carboxylic acids is 1. The number of alkyl halides is 2. The lowest BCUT2D eigenvalue weighted by Crippen LogP contribution is -2.39. The topological polar surface area (TPSA) is 75.6 Å². The number of nitrogens with one attached hydrogen (secondary N) is 1. The number of ether oxygens (including phenoxy) is 1. The van der Waals surface area contributed by atoms with E-state index >= 15 is 0 Å². The molecule has 1 aliphatic rings. The van der Waals surface area contributed by atoms with Gasteiger partial charge >= 0.3 is 12.6 Å². The molecule has 0 radical (unpaired) electrons. The Kier molecular flexibility index (Phi) is 5.90. The van der Waals surface area contributed by atoms with Crippen LogP contribution in [0.15, 0.2) is 24.3 Å². The van der Waals surface area contributed by atoms with Crippen LogP contribution in [0, 0.1) is 5.92 Å². The first-order valence-electron chi connectivity index (χ1n) is 7.50. The molecule has 0 atom stereocenters. The Bertz CT molecular complexity index is 557. The molecule has 1 aliphatic carbocycles. The highest BCUT2D eigenvalue weighted by Gasteiger charge is 2.26. The second-order valence-electron chi connectivity index (χ2n) is 5.62. The molecule has 126 valence electrons. The van der Waals surface area contributed by atoms with Crippen molar-refractivity contribution in [1.82, 2.24) is 5.32 Å². The van der Waals surface area contributed by atoms with Gasteiger partial charge in [-0.25, -0.2) is 0 Å². The van der Waals surface area contributed by atoms with Gasteiger partial charge in [0.25, 0.3) is 0 Å². The number of amides is 1. The van der Waals surface area contributed by atoms with Gasteiger partial charge in [-0.3, -0.25) is 9.59 Å². The predicted octanol–water partition coefficient (Wildman–Crippen LogP) is 2.59. The quantitative estimate of drug-likeness (QED) is 0.842. The molecular weight excluding hydrogens is 308 g/mol. The predicted molar refractivity (Wildman–Crippen MR) is 78.3 cm³/mol. The molecular formula is C16H19F2NO4. The third kappa shape index (κ3) is 5.19. The summed E-state index contributed by atoms with van der Waals surface area (Å²) in [6.45, 7) is -2.94. The molecule has 23 heavy (non-hydrogen) atoms. The summed E-state index contributed by atoms with van der Waals surface area (Å²) in [5.74, 6) is -1.43. The molecule has 1 aromatic carbocycles. The average Bonchev–Trinajstić information content (AvgIpc) is 2.49. The van der Waals surface area contributed by atoms with Crippen molar-refractivity contribution in [3.05, 3.63) is 29.8 Å². The summed E-state index contributed by atoms with van der Waals surface area (Å²) < 4.78 is 29.1. The van der Waals surface area contributed by atoms with E-state index in [1.807, 2.05) is 0 Å². The standard InChI is InChI=1S/C16H19F2NO4/c17-16(18)23-13-4-2-1-3-11(13)9-14(20)19-12-7-5-10(6-8-12)15(21)22/h1-4,10,12,16H,5-9H2,(H,19,20)(H,21,22). The molecule has 5 nitrogen and oxygen atoms in total. The molecule has 0 aromatic heterocycles. The number of benzene rings is 1. The second-order valence-corrected chi connectivity index (χ2v) is 5.62. The lowest BCUT2D eigenvalue weighted by atomic mass is 9.86. The molecule has 1 fully saturated rings. The Hall–Kier alpha value is -2.18. The number of para-hydroxylation sites is 1. The fourth-order valence-electron chi connectivity index (χ4n) is 2.80. The van der Waals surface area contributed by atoms with Gasteiger partial charge in [0.15, 0.2) is 0 Å². The van der Waals surface area contributed by atoms with Gasteiger partial charge in [0.2, 0.25) is 5.91 Å². The van der Waals surface area contributed by atoms with E-state index in [2.05, 4.69) is 10.1 Å². The van der Waals surface area contributed by atoms with E-state index in [4.69, 9.17) is 5.11 Å². The smallest absolute Gasteiger partial charge is 0.387 e. The number of carbonyl (C=O) groups excluding carboxylic acids is 1. The maximum Gasteiger partial charge on any atom is 0.387 e. The SMILES string of the molecule is O=C(Cc1ccccc1OC(F)F)NC1CCC(C(=O)O)CC1. The van der Waals surface area contributed by atoms with Crippen molar-refractivity contribution in [3.63, 3.8) is 0 Å². The van der Waals surface area contributed by atoms with Crippen LogP contribution >= 0.6 is 0 Å². The fraction of sp³-hybridized carbons (Fsp3) is 0.500. The first-order valence-corrected chi connectivity index (χ1v) is 7.50. The minimum absolute atomic E-state index is 0.00719. The highest BCUT2D eigenvalue weighted by Crippen LogP contribution is 2.25. The maximum absolute atomic E-state index is 12.3. The van der Waals surface area contributed by atoms with E-state index in [9.17, 15) is 18.4 Å². The lowest BCUT2D eigenvalue weighted by Gasteiger charge is -2.26. The zero-order valence-electron chi connectivity index (χ0n) is 12.5. The van der Waals surface area contributed by atoms with Gasteiger partial charge < -0.3 is 15.2 Å². The minimum atomic E-state index is -2.94. The molecule has 0 spiro atoms. The third-order valence-corrected chi connectivity index (χ3v) is 3.98. The molecule has 0 saturated heterocycles. The van der Waals surface area contributed by atoms with Gasteiger partial charge in [-0.1, -0.05) is 18.2 Å². The average molecular weight is 327 g/mol. The molecule has 0 bridgehead atoms. The number of rotatable bonds is 6. The number of carboxylic acid groups (broad SMARTS) is 1. The van der Waals surface area contributed by atoms with Crippen molar-refractivity contribution in [3.8, 4) is 5.75 Å². The third-order valence-electron chi connectivity index (χ3n) is 3.98. The van der Waals surface area contributed by atoms with Crippen LogP contribution in [0.1, 0.15) is 31.2 Å². The molecule has 1 saturated carbocycles.